The van der Waals surface area contributed by atoms with Gasteiger partial charge in [-0.2, -0.15) is 0 Å². The monoisotopic (exact) mass is 480 g/mol. The Morgan fingerprint density at radius 3 is 2.31 bits per heavy atom. The lowest BCUT2D eigenvalue weighted by Gasteiger charge is -2.30. The average Bonchev–Trinajstić information content (AvgIpc) is 3.44. The molecular weight excluding hydrogens is 456 g/mol. The standard InChI is InChI=1S/C29H24N2O5/c1-34-20-15-16-24(35-2)22(17-20)26-25-27(36-31(26)19-11-4-3-5-12-19)29(33)30(28(25)32)23-14-8-10-18-9-6-7-13-21(18)23/h3-17,25-27H,1-2H3/t25-,26+,27+/m0/s1. The van der Waals surface area contributed by atoms with Crippen molar-refractivity contribution in [3.8, 4) is 11.5 Å². The predicted molar refractivity (Wildman–Crippen MR) is 136 cm³/mol. The highest BCUT2D eigenvalue weighted by Gasteiger charge is 2.61. The van der Waals surface area contributed by atoms with Crippen LogP contribution in [-0.2, 0) is 14.4 Å². The van der Waals surface area contributed by atoms with E-state index < -0.39 is 18.1 Å². The molecule has 0 unspecified atom stereocenters. The van der Waals surface area contributed by atoms with Crippen LogP contribution in [0.3, 0.4) is 0 Å². The summed E-state index contributed by atoms with van der Waals surface area (Å²) in [6, 6.07) is 27.6. The summed E-state index contributed by atoms with van der Waals surface area (Å²) in [5.41, 5.74) is 2.00. The molecule has 0 bridgehead atoms. The molecule has 0 radical (unpaired) electrons. The van der Waals surface area contributed by atoms with Gasteiger partial charge in [-0.15, -0.1) is 0 Å². The Morgan fingerprint density at radius 1 is 0.778 bits per heavy atom. The lowest BCUT2D eigenvalue weighted by atomic mass is 9.89. The maximum atomic E-state index is 14.1. The highest BCUT2D eigenvalue weighted by atomic mass is 16.7. The third-order valence-corrected chi connectivity index (χ3v) is 6.89. The predicted octanol–water partition coefficient (Wildman–Crippen LogP) is 4.91. The summed E-state index contributed by atoms with van der Waals surface area (Å²) in [5, 5.41) is 3.44. The first-order valence-electron chi connectivity index (χ1n) is 11.7. The fraction of sp³-hybridized carbons (Fsp3) is 0.172. The van der Waals surface area contributed by atoms with Gasteiger partial charge in [0, 0.05) is 10.9 Å². The zero-order valence-electron chi connectivity index (χ0n) is 19.8. The average molecular weight is 481 g/mol. The van der Waals surface area contributed by atoms with Gasteiger partial charge in [0.05, 0.1) is 25.6 Å². The number of ether oxygens (including phenoxy) is 2. The first-order valence-corrected chi connectivity index (χ1v) is 11.7. The fourth-order valence-electron chi connectivity index (χ4n) is 5.24. The minimum atomic E-state index is -0.974. The Balaban J connectivity index is 1.50. The molecule has 3 atom stereocenters. The van der Waals surface area contributed by atoms with Crippen LogP contribution in [0.25, 0.3) is 10.8 Å². The molecule has 2 aliphatic rings. The number of anilines is 2. The van der Waals surface area contributed by atoms with E-state index in [1.807, 2.05) is 72.8 Å². The maximum absolute atomic E-state index is 14.1. The number of carbonyl (C=O) groups is 2. The van der Waals surface area contributed by atoms with Gasteiger partial charge in [0.2, 0.25) is 5.91 Å². The van der Waals surface area contributed by atoms with E-state index in [1.54, 1.807) is 37.5 Å². The smallest absolute Gasteiger partial charge is 0.266 e. The van der Waals surface area contributed by atoms with E-state index in [-0.39, 0.29) is 11.8 Å². The van der Waals surface area contributed by atoms with Crippen molar-refractivity contribution in [3.05, 3.63) is 96.6 Å². The molecule has 2 amide bonds. The Labute approximate surface area is 208 Å². The summed E-state index contributed by atoms with van der Waals surface area (Å²) in [5.74, 6) is -0.279. The molecule has 2 saturated heterocycles. The quantitative estimate of drug-likeness (QED) is 0.378. The summed E-state index contributed by atoms with van der Waals surface area (Å²) >= 11 is 0. The molecule has 4 aromatic rings. The van der Waals surface area contributed by atoms with Crippen molar-refractivity contribution in [3.63, 3.8) is 0 Å². The number of methoxy groups -OCH3 is 2. The van der Waals surface area contributed by atoms with E-state index >= 15 is 0 Å². The van der Waals surface area contributed by atoms with Crippen LogP contribution >= 0.6 is 0 Å². The largest absolute Gasteiger partial charge is 0.497 e. The van der Waals surface area contributed by atoms with Gasteiger partial charge in [-0.05, 0) is 41.8 Å². The van der Waals surface area contributed by atoms with E-state index in [4.69, 9.17) is 14.3 Å². The van der Waals surface area contributed by atoms with Crippen molar-refractivity contribution < 1.29 is 23.9 Å². The second-order valence-corrected chi connectivity index (χ2v) is 8.78. The lowest BCUT2D eigenvalue weighted by molar-refractivity contribution is -0.126. The molecule has 7 nitrogen and oxygen atoms in total. The molecule has 0 aromatic heterocycles. The second-order valence-electron chi connectivity index (χ2n) is 8.78. The van der Waals surface area contributed by atoms with Crippen LogP contribution in [0.2, 0.25) is 0 Å². The van der Waals surface area contributed by atoms with Gasteiger partial charge >= 0.3 is 0 Å². The van der Waals surface area contributed by atoms with E-state index in [0.29, 0.717) is 22.7 Å². The van der Waals surface area contributed by atoms with Crippen molar-refractivity contribution >= 4 is 34.0 Å². The molecule has 180 valence electrons. The summed E-state index contributed by atoms with van der Waals surface area (Å²) in [4.78, 5) is 35.4. The summed E-state index contributed by atoms with van der Waals surface area (Å²) < 4.78 is 11.1. The number of benzene rings is 4. The molecule has 2 fully saturated rings. The number of carbonyl (C=O) groups excluding carboxylic acids is 2. The Kier molecular flexibility index (Phi) is 5.34. The van der Waals surface area contributed by atoms with Crippen molar-refractivity contribution in [2.24, 2.45) is 5.92 Å². The van der Waals surface area contributed by atoms with Crippen LogP contribution in [0.1, 0.15) is 11.6 Å². The summed E-state index contributed by atoms with van der Waals surface area (Å²) in [6.07, 6.45) is -0.974. The first-order chi connectivity index (χ1) is 17.6. The van der Waals surface area contributed by atoms with Gasteiger partial charge in [-0.25, -0.2) is 9.96 Å². The van der Waals surface area contributed by atoms with Crippen molar-refractivity contribution in [2.45, 2.75) is 12.1 Å². The van der Waals surface area contributed by atoms with Crippen LogP contribution in [0, 0.1) is 5.92 Å². The number of imide groups is 1. The van der Waals surface area contributed by atoms with E-state index in [0.717, 1.165) is 16.5 Å². The van der Waals surface area contributed by atoms with Gasteiger partial charge in [-0.1, -0.05) is 54.6 Å². The van der Waals surface area contributed by atoms with Gasteiger partial charge in [0.15, 0.2) is 6.10 Å². The zero-order chi connectivity index (χ0) is 24.8. The van der Waals surface area contributed by atoms with Crippen LogP contribution in [0.5, 0.6) is 11.5 Å². The molecular formula is C29H24N2O5. The SMILES string of the molecule is COc1ccc(OC)c([C@@H]2[C@@H]3C(=O)N(c4cccc5ccccc45)C(=O)[C@@H]3ON2c2ccccc2)c1. The number of amides is 2. The van der Waals surface area contributed by atoms with E-state index in [9.17, 15) is 9.59 Å². The van der Waals surface area contributed by atoms with Crippen molar-refractivity contribution in [2.75, 3.05) is 24.2 Å². The highest BCUT2D eigenvalue weighted by molar-refractivity contribution is 6.26. The Hall–Kier alpha value is -4.36. The van der Waals surface area contributed by atoms with Gasteiger partial charge < -0.3 is 9.47 Å². The summed E-state index contributed by atoms with van der Waals surface area (Å²) in [7, 11) is 3.16. The number of nitrogens with zero attached hydrogens (tertiary/aromatic N) is 2. The van der Waals surface area contributed by atoms with Crippen molar-refractivity contribution in [1.82, 2.24) is 0 Å². The van der Waals surface area contributed by atoms with Crippen LogP contribution in [-0.4, -0.2) is 32.1 Å². The highest BCUT2D eigenvalue weighted by Crippen LogP contribution is 2.50. The summed E-state index contributed by atoms with van der Waals surface area (Å²) in [6.45, 7) is 0. The van der Waals surface area contributed by atoms with Crippen LogP contribution < -0.4 is 19.4 Å². The molecule has 0 saturated carbocycles. The number of hydrogen-bond donors (Lipinski definition) is 0. The number of hydrogen-bond acceptors (Lipinski definition) is 6. The maximum Gasteiger partial charge on any atom is 0.266 e. The molecule has 0 N–H and O–H groups in total. The van der Waals surface area contributed by atoms with Crippen LogP contribution in [0.4, 0.5) is 11.4 Å². The normalized spacial score (nSPS) is 21.2. The Morgan fingerprint density at radius 2 is 1.53 bits per heavy atom. The lowest BCUT2D eigenvalue weighted by Crippen LogP contribution is -2.37. The molecule has 4 aromatic carbocycles. The fourth-order valence-corrected chi connectivity index (χ4v) is 5.24. The molecule has 6 rings (SSSR count). The third-order valence-electron chi connectivity index (χ3n) is 6.89. The van der Waals surface area contributed by atoms with Crippen molar-refractivity contribution in [1.29, 1.82) is 0 Å². The molecule has 0 aliphatic carbocycles. The molecule has 2 heterocycles. The Bertz CT molecular complexity index is 1470. The molecule has 36 heavy (non-hydrogen) atoms. The first kappa shape index (κ1) is 22.1. The van der Waals surface area contributed by atoms with Gasteiger partial charge in [0.1, 0.15) is 23.5 Å². The third kappa shape index (κ3) is 3.31. The number of para-hydroxylation sites is 1. The van der Waals surface area contributed by atoms with Crippen LogP contribution in [0.15, 0.2) is 91.0 Å². The molecule has 0 spiro atoms. The van der Waals surface area contributed by atoms with Gasteiger partial charge in [0.25, 0.3) is 5.91 Å². The number of hydroxylamine groups is 1. The topological polar surface area (TPSA) is 68.3 Å². The second kappa shape index (κ2) is 8.70. The van der Waals surface area contributed by atoms with E-state index in [2.05, 4.69) is 0 Å². The minimum Gasteiger partial charge on any atom is -0.497 e. The van der Waals surface area contributed by atoms with Gasteiger partial charge in [-0.3, -0.25) is 14.4 Å². The molecule has 7 heteroatoms. The number of fused-ring (bicyclic) bond motifs is 2. The van der Waals surface area contributed by atoms with E-state index in [1.165, 1.54) is 4.90 Å². The number of rotatable bonds is 5. The minimum absolute atomic E-state index is 0.311. The zero-order valence-corrected chi connectivity index (χ0v) is 19.8. The molecule has 2 aliphatic heterocycles.